The van der Waals surface area contributed by atoms with Gasteiger partial charge in [-0.2, -0.15) is 0 Å². The SMILES string of the molecule is CCn1c(C)cc(C(=O)Cn2ccn(CC)c2=O)c1C. The maximum atomic E-state index is 12.4. The summed E-state index contributed by atoms with van der Waals surface area (Å²) >= 11 is 0. The van der Waals surface area contributed by atoms with Crippen molar-refractivity contribution in [3.8, 4) is 0 Å². The molecule has 5 nitrogen and oxygen atoms in total. The van der Waals surface area contributed by atoms with Gasteiger partial charge in [-0.15, -0.1) is 0 Å². The summed E-state index contributed by atoms with van der Waals surface area (Å²) in [6.07, 6.45) is 3.38. The van der Waals surface area contributed by atoms with Crippen LogP contribution < -0.4 is 5.69 Å². The Kier molecular flexibility index (Phi) is 3.97. The van der Waals surface area contributed by atoms with E-state index in [0.717, 1.165) is 17.9 Å². The van der Waals surface area contributed by atoms with Crippen molar-refractivity contribution in [2.45, 2.75) is 47.3 Å². The zero-order chi connectivity index (χ0) is 14.9. The van der Waals surface area contributed by atoms with Gasteiger partial charge in [0.1, 0.15) is 0 Å². The predicted octanol–water partition coefficient (Wildman–Crippen LogP) is 1.99. The fourth-order valence-corrected chi connectivity index (χ4v) is 2.62. The molecule has 0 aromatic carbocycles. The third-order valence-corrected chi connectivity index (χ3v) is 3.76. The lowest BCUT2D eigenvalue weighted by Crippen LogP contribution is -2.26. The lowest BCUT2D eigenvalue weighted by atomic mass is 10.1. The molecule has 0 unspecified atom stereocenters. The molecule has 0 saturated heterocycles. The van der Waals surface area contributed by atoms with Crippen LogP contribution in [-0.2, 0) is 19.6 Å². The first kappa shape index (κ1) is 14.4. The highest BCUT2D eigenvalue weighted by Crippen LogP contribution is 2.16. The molecule has 0 fully saturated rings. The molecule has 0 radical (unpaired) electrons. The van der Waals surface area contributed by atoms with E-state index in [1.165, 1.54) is 4.57 Å². The first-order chi connectivity index (χ1) is 9.49. The molecule has 2 aromatic heterocycles. The fraction of sp³-hybridized carbons (Fsp3) is 0.467. The number of ketones is 1. The van der Waals surface area contributed by atoms with Crippen molar-refractivity contribution in [3.05, 3.63) is 45.9 Å². The molecule has 2 aromatic rings. The summed E-state index contributed by atoms with van der Waals surface area (Å²) in [4.78, 5) is 24.3. The number of carbonyl (C=O) groups is 1. The van der Waals surface area contributed by atoms with Crippen LogP contribution in [0.1, 0.15) is 35.6 Å². The van der Waals surface area contributed by atoms with Gasteiger partial charge in [0.2, 0.25) is 0 Å². The van der Waals surface area contributed by atoms with E-state index in [9.17, 15) is 9.59 Å². The molecule has 0 spiro atoms. The van der Waals surface area contributed by atoms with Crippen LogP contribution >= 0.6 is 0 Å². The van der Waals surface area contributed by atoms with E-state index in [1.54, 1.807) is 17.0 Å². The van der Waals surface area contributed by atoms with Gasteiger partial charge < -0.3 is 4.57 Å². The van der Waals surface area contributed by atoms with Crippen molar-refractivity contribution in [1.29, 1.82) is 0 Å². The van der Waals surface area contributed by atoms with Gasteiger partial charge in [-0.05, 0) is 33.8 Å². The number of rotatable bonds is 5. The highest BCUT2D eigenvalue weighted by molar-refractivity contribution is 5.97. The number of aromatic nitrogens is 3. The lowest BCUT2D eigenvalue weighted by Gasteiger charge is -2.06. The Bertz CT molecular complexity index is 689. The van der Waals surface area contributed by atoms with Crippen LogP contribution in [0.3, 0.4) is 0 Å². The Morgan fingerprint density at radius 1 is 1.10 bits per heavy atom. The first-order valence-electron chi connectivity index (χ1n) is 6.95. The van der Waals surface area contributed by atoms with Crippen molar-refractivity contribution >= 4 is 5.78 Å². The van der Waals surface area contributed by atoms with Gasteiger partial charge in [-0.25, -0.2) is 4.79 Å². The summed E-state index contributed by atoms with van der Waals surface area (Å²) in [6.45, 7) is 9.46. The molecular formula is C15H21N3O2. The molecule has 108 valence electrons. The van der Waals surface area contributed by atoms with Crippen molar-refractivity contribution in [1.82, 2.24) is 13.7 Å². The summed E-state index contributed by atoms with van der Waals surface area (Å²) in [5, 5.41) is 0. The van der Waals surface area contributed by atoms with E-state index in [2.05, 4.69) is 11.5 Å². The van der Waals surface area contributed by atoms with Gasteiger partial charge in [0, 0.05) is 42.4 Å². The maximum absolute atomic E-state index is 12.4. The van der Waals surface area contributed by atoms with E-state index in [4.69, 9.17) is 0 Å². The van der Waals surface area contributed by atoms with Crippen LogP contribution in [0, 0.1) is 13.8 Å². The molecule has 2 rings (SSSR count). The zero-order valence-electron chi connectivity index (χ0n) is 12.5. The molecule has 0 N–H and O–H groups in total. The standard InChI is InChI=1S/C15H21N3O2/c1-5-16-7-8-17(15(16)20)10-14(19)13-9-11(3)18(6-2)12(13)4/h7-9H,5-6,10H2,1-4H3. The smallest absolute Gasteiger partial charge is 0.328 e. The minimum absolute atomic E-state index is 0.0197. The highest BCUT2D eigenvalue weighted by atomic mass is 16.2. The zero-order valence-corrected chi connectivity index (χ0v) is 12.5. The van der Waals surface area contributed by atoms with E-state index in [1.807, 2.05) is 26.8 Å². The molecule has 0 saturated carbocycles. The molecule has 0 aliphatic rings. The molecule has 0 atom stereocenters. The van der Waals surface area contributed by atoms with Gasteiger partial charge in [0.15, 0.2) is 5.78 Å². The van der Waals surface area contributed by atoms with Crippen LogP contribution in [0.5, 0.6) is 0 Å². The monoisotopic (exact) mass is 275 g/mol. The Balaban J connectivity index is 2.29. The molecular weight excluding hydrogens is 254 g/mol. The minimum atomic E-state index is -0.134. The topological polar surface area (TPSA) is 48.9 Å². The first-order valence-corrected chi connectivity index (χ1v) is 6.95. The number of Topliss-reactive ketones (excluding diaryl/α,β-unsaturated/α-hetero) is 1. The van der Waals surface area contributed by atoms with Gasteiger partial charge in [-0.1, -0.05) is 0 Å². The largest absolute Gasteiger partial charge is 0.349 e. The third-order valence-electron chi connectivity index (χ3n) is 3.76. The average molecular weight is 275 g/mol. The summed E-state index contributed by atoms with van der Waals surface area (Å²) in [7, 11) is 0. The Morgan fingerprint density at radius 3 is 2.25 bits per heavy atom. The van der Waals surface area contributed by atoms with Crippen LogP contribution in [0.15, 0.2) is 23.3 Å². The number of aryl methyl sites for hydroxylation is 2. The van der Waals surface area contributed by atoms with Crippen LogP contribution in [0.4, 0.5) is 0 Å². The molecule has 0 aliphatic heterocycles. The van der Waals surface area contributed by atoms with Gasteiger partial charge in [-0.3, -0.25) is 13.9 Å². The molecule has 20 heavy (non-hydrogen) atoms. The Labute approximate surface area is 118 Å². The number of hydrogen-bond acceptors (Lipinski definition) is 2. The van der Waals surface area contributed by atoms with Crippen molar-refractivity contribution in [3.63, 3.8) is 0 Å². The van der Waals surface area contributed by atoms with Crippen molar-refractivity contribution < 1.29 is 4.79 Å². The maximum Gasteiger partial charge on any atom is 0.328 e. The molecule has 0 bridgehead atoms. The van der Waals surface area contributed by atoms with Gasteiger partial charge in [0.25, 0.3) is 0 Å². The Hall–Kier alpha value is -2.04. The fourth-order valence-electron chi connectivity index (χ4n) is 2.62. The number of nitrogens with zero attached hydrogens (tertiary/aromatic N) is 3. The predicted molar refractivity (Wildman–Crippen MR) is 78.3 cm³/mol. The summed E-state index contributed by atoms with van der Waals surface area (Å²) < 4.78 is 5.15. The number of carbonyl (C=O) groups excluding carboxylic acids is 1. The quantitative estimate of drug-likeness (QED) is 0.784. The second kappa shape index (κ2) is 5.53. The molecule has 0 amide bonds. The Morgan fingerprint density at radius 2 is 1.75 bits per heavy atom. The van der Waals surface area contributed by atoms with Gasteiger partial charge >= 0.3 is 5.69 Å². The van der Waals surface area contributed by atoms with Crippen LogP contribution in [0.25, 0.3) is 0 Å². The number of hydrogen-bond donors (Lipinski definition) is 0. The van der Waals surface area contributed by atoms with Crippen LogP contribution in [0.2, 0.25) is 0 Å². The number of imidazole rings is 1. The lowest BCUT2D eigenvalue weighted by molar-refractivity contribution is 0.0970. The second-order valence-corrected chi connectivity index (χ2v) is 4.95. The third kappa shape index (κ3) is 2.35. The normalized spacial score (nSPS) is 11.0. The molecule has 0 aliphatic carbocycles. The van der Waals surface area contributed by atoms with E-state index < -0.39 is 0 Å². The van der Waals surface area contributed by atoms with Crippen molar-refractivity contribution in [2.24, 2.45) is 0 Å². The second-order valence-electron chi connectivity index (χ2n) is 4.95. The summed E-state index contributed by atoms with van der Waals surface area (Å²) in [6, 6.07) is 1.91. The molecule has 5 heteroatoms. The minimum Gasteiger partial charge on any atom is -0.349 e. The molecule has 2 heterocycles. The van der Waals surface area contributed by atoms with E-state index in [-0.39, 0.29) is 18.0 Å². The summed E-state index contributed by atoms with van der Waals surface area (Å²) in [5.74, 6) is -0.0197. The average Bonchev–Trinajstić information content (AvgIpc) is 2.91. The highest BCUT2D eigenvalue weighted by Gasteiger charge is 2.16. The van der Waals surface area contributed by atoms with Gasteiger partial charge in [0.05, 0.1) is 6.54 Å². The van der Waals surface area contributed by atoms with Crippen LogP contribution in [-0.4, -0.2) is 19.5 Å². The summed E-state index contributed by atoms with van der Waals surface area (Å²) in [5.41, 5.74) is 2.62. The van der Waals surface area contributed by atoms with E-state index in [0.29, 0.717) is 12.1 Å². The van der Waals surface area contributed by atoms with Crippen molar-refractivity contribution in [2.75, 3.05) is 0 Å². The van der Waals surface area contributed by atoms with E-state index >= 15 is 0 Å².